The van der Waals surface area contributed by atoms with Gasteiger partial charge in [0.15, 0.2) is 0 Å². The third-order valence-corrected chi connectivity index (χ3v) is 5.77. The zero-order chi connectivity index (χ0) is 24.1. The van der Waals surface area contributed by atoms with Gasteiger partial charge in [0.05, 0.1) is 0 Å². The Labute approximate surface area is 200 Å². The van der Waals surface area contributed by atoms with Crippen LogP contribution in [0.1, 0.15) is 49.8 Å². The van der Waals surface area contributed by atoms with Crippen LogP contribution >= 0.6 is 0 Å². The van der Waals surface area contributed by atoms with Gasteiger partial charge in [-0.25, -0.2) is 9.59 Å². The Morgan fingerprint density at radius 2 is 1.62 bits per heavy atom. The highest BCUT2D eigenvalue weighted by molar-refractivity contribution is 5.82. The number of hydrogen-bond acceptors (Lipinski definition) is 5. The fraction of sp³-hybridized carbons (Fsp3) is 0.321. The molecule has 2 aromatic carbocycles. The van der Waals surface area contributed by atoms with Gasteiger partial charge in [0.25, 0.3) is 0 Å². The van der Waals surface area contributed by atoms with Crippen LogP contribution in [0.3, 0.4) is 0 Å². The highest BCUT2D eigenvalue weighted by Crippen LogP contribution is 2.44. The van der Waals surface area contributed by atoms with Gasteiger partial charge in [-0.1, -0.05) is 54.6 Å². The molecule has 0 bridgehead atoms. The molecule has 0 fully saturated rings. The molecule has 6 heteroatoms. The molecule has 0 saturated carbocycles. The van der Waals surface area contributed by atoms with Gasteiger partial charge >= 0.3 is 12.1 Å². The molecule has 3 aromatic rings. The average molecular weight is 459 g/mol. The molecular weight excluding hydrogens is 428 g/mol. The van der Waals surface area contributed by atoms with Gasteiger partial charge in [-0.05, 0) is 67.5 Å². The molecule has 4 rings (SSSR count). The second kappa shape index (κ2) is 10.1. The molecule has 176 valence electrons. The Morgan fingerprint density at radius 1 is 0.971 bits per heavy atom. The standard InChI is InChI=1S/C28H30N2O4/c1-28(2,3)34-26(31)25(15-14-19-9-8-16-29-17-19)30-27(32)33-18-24-22-12-6-4-10-20(22)21-11-5-7-13-23(21)24/h4-13,16-17,24-25H,14-15,18H2,1-3H3,(H,30,32). The van der Waals surface area contributed by atoms with Crippen LogP contribution in [0.4, 0.5) is 4.79 Å². The molecular formula is C28H30N2O4. The highest BCUT2D eigenvalue weighted by Gasteiger charge is 2.31. The van der Waals surface area contributed by atoms with E-state index in [0.29, 0.717) is 12.8 Å². The molecule has 34 heavy (non-hydrogen) atoms. The van der Waals surface area contributed by atoms with E-state index in [1.807, 2.05) is 36.4 Å². The van der Waals surface area contributed by atoms with E-state index in [1.165, 1.54) is 0 Å². The van der Waals surface area contributed by atoms with Crippen molar-refractivity contribution in [3.05, 3.63) is 89.7 Å². The van der Waals surface area contributed by atoms with Crippen LogP contribution in [0.5, 0.6) is 0 Å². The molecule has 6 nitrogen and oxygen atoms in total. The Hall–Kier alpha value is -3.67. The molecule has 1 amide bonds. The molecule has 1 aliphatic carbocycles. The van der Waals surface area contributed by atoms with Crippen LogP contribution in [0.15, 0.2) is 73.1 Å². The zero-order valence-corrected chi connectivity index (χ0v) is 19.8. The Balaban J connectivity index is 1.43. The van der Waals surface area contributed by atoms with Gasteiger partial charge in [-0.3, -0.25) is 4.98 Å². The van der Waals surface area contributed by atoms with E-state index in [0.717, 1.165) is 27.8 Å². The summed E-state index contributed by atoms with van der Waals surface area (Å²) in [5.74, 6) is -0.529. The molecule has 0 saturated heterocycles. The molecule has 1 heterocycles. The Morgan fingerprint density at radius 3 is 2.21 bits per heavy atom. The minimum absolute atomic E-state index is 0.0477. The summed E-state index contributed by atoms with van der Waals surface area (Å²) in [6, 6.07) is 19.3. The summed E-state index contributed by atoms with van der Waals surface area (Å²) >= 11 is 0. The van der Waals surface area contributed by atoms with E-state index in [1.54, 1.807) is 33.2 Å². The molecule has 0 spiro atoms. The zero-order valence-electron chi connectivity index (χ0n) is 19.8. The molecule has 1 atom stereocenters. The van der Waals surface area contributed by atoms with Crippen molar-refractivity contribution in [2.45, 2.75) is 51.2 Å². The predicted octanol–water partition coefficient (Wildman–Crippen LogP) is 5.26. The fourth-order valence-electron chi connectivity index (χ4n) is 4.26. The van der Waals surface area contributed by atoms with Gasteiger partial charge in [0.2, 0.25) is 0 Å². The van der Waals surface area contributed by atoms with Crippen LogP contribution in [0.25, 0.3) is 11.1 Å². The van der Waals surface area contributed by atoms with Crippen molar-refractivity contribution in [2.24, 2.45) is 0 Å². The number of esters is 1. The molecule has 1 unspecified atom stereocenters. The normalized spacial score (nSPS) is 13.5. The van der Waals surface area contributed by atoms with Gasteiger partial charge in [-0.2, -0.15) is 0 Å². The smallest absolute Gasteiger partial charge is 0.407 e. The van der Waals surface area contributed by atoms with E-state index in [9.17, 15) is 9.59 Å². The Kier molecular flexibility index (Phi) is 6.96. The van der Waals surface area contributed by atoms with Crippen molar-refractivity contribution in [1.82, 2.24) is 10.3 Å². The van der Waals surface area contributed by atoms with Crippen molar-refractivity contribution in [1.29, 1.82) is 0 Å². The minimum atomic E-state index is -0.824. The lowest BCUT2D eigenvalue weighted by atomic mass is 9.98. The number of ether oxygens (including phenoxy) is 2. The summed E-state index contributed by atoms with van der Waals surface area (Å²) in [5, 5.41) is 2.73. The third-order valence-electron chi connectivity index (χ3n) is 5.77. The van der Waals surface area contributed by atoms with Crippen molar-refractivity contribution in [2.75, 3.05) is 6.61 Å². The second-order valence-electron chi connectivity index (χ2n) is 9.46. The summed E-state index contributed by atoms with van der Waals surface area (Å²) in [6.07, 6.45) is 3.76. The number of pyridine rings is 1. The number of hydrogen-bond donors (Lipinski definition) is 1. The SMILES string of the molecule is CC(C)(C)OC(=O)C(CCc1cccnc1)NC(=O)OCC1c2ccccc2-c2ccccc21. The van der Waals surface area contributed by atoms with E-state index < -0.39 is 23.7 Å². The predicted molar refractivity (Wildman–Crippen MR) is 130 cm³/mol. The summed E-state index contributed by atoms with van der Waals surface area (Å²) in [7, 11) is 0. The third kappa shape index (κ3) is 5.63. The van der Waals surface area contributed by atoms with E-state index >= 15 is 0 Å². The van der Waals surface area contributed by atoms with Gasteiger partial charge in [-0.15, -0.1) is 0 Å². The maximum atomic E-state index is 12.8. The molecule has 1 N–H and O–H groups in total. The van der Waals surface area contributed by atoms with Crippen molar-refractivity contribution in [3.63, 3.8) is 0 Å². The Bertz CT molecular complexity index is 1110. The van der Waals surface area contributed by atoms with E-state index in [4.69, 9.17) is 9.47 Å². The van der Waals surface area contributed by atoms with Crippen molar-refractivity contribution in [3.8, 4) is 11.1 Å². The quantitative estimate of drug-likeness (QED) is 0.489. The first kappa shape index (κ1) is 23.5. The molecule has 0 aliphatic heterocycles. The van der Waals surface area contributed by atoms with Gasteiger partial charge < -0.3 is 14.8 Å². The van der Waals surface area contributed by atoms with E-state index in [2.05, 4.69) is 34.6 Å². The van der Waals surface area contributed by atoms with Gasteiger partial charge in [0, 0.05) is 18.3 Å². The van der Waals surface area contributed by atoms with Gasteiger partial charge in [0.1, 0.15) is 18.2 Å². The van der Waals surface area contributed by atoms with Crippen molar-refractivity contribution < 1.29 is 19.1 Å². The number of benzene rings is 2. The lowest BCUT2D eigenvalue weighted by molar-refractivity contribution is -0.157. The fourth-order valence-corrected chi connectivity index (χ4v) is 4.26. The summed E-state index contributed by atoms with van der Waals surface area (Å²) in [4.78, 5) is 29.7. The van der Waals surface area contributed by atoms with Crippen LogP contribution in [-0.4, -0.2) is 35.3 Å². The number of aromatic nitrogens is 1. The summed E-state index contributed by atoms with van der Waals surface area (Å²) in [6.45, 7) is 5.59. The molecule has 1 aromatic heterocycles. The highest BCUT2D eigenvalue weighted by atomic mass is 16.6. The molecule has 0 radical (unpaired) electrons. The number of fused-ring (bicyclic) bond motifs is 3. The average Bonchev–Trinajstić information content (AvgIpc) is 3.13. The summed E-state index contributed by atoms with van der Waals surface area (Å²) < 4.78 is 11.2. The largest absolute Gasteiger partial charge is 0.458 e. The number of aryl methyl sites for hydroxylation is 1. The molecule has 1 aliphatic rings. The van der Waals surface area contributed by atoms with Crippen LogP contribution < -0.4 is 5.32 Å². The lowest BCUT2D eigenvalue weighted by Gasteiger charge is -2.24. The minimum Gasteiger partial charge on any atom is -0.458 e. The van der Waals surface area contributed by atoms with Crippen LogP contribution in [0, 0.1) is 0 Å². The first-order valence-electron chi connectivity index (χ1n) is 11.5. The monoisotopic (exact) mass is 458 g/mol. The van der Waals surface area contributed by atoms with Crippen LogP contribution in [0.2, 0.25) is 0 Å². The number of rotatable bonds is 7. The maximum Gasteiger partial charge on any atom is 0.407 e. The van der Waals surface area contributed by atoms with Crippen LogP contribution in [-0.2, 0) is 20.7 Å². The summed E-state index contributed by atoms with van der Waals surface area (Å²) in [5.41, 5.74) is 4.91. The number of amides is 1. The second-order valence-corrected chi connectivity index (χ2v) is 9.46. The van der Waals surface area contributed by atoms with Crippen molar-refractivity contribution >= 4 is 12.1 Å². The number of alkyl carbamates (subject to hydrolysis) is 1. The number of carbonyl (C=O) groups excluding carboxylic acids is 2. The lowest BCUT2D eigenvalue weighted by Crippen LogP contribution is -2.45. The number of carbonyl (C=O) groups is 2. The first-order valence-corrected chi connectivity index (χ1v) is 11.5. The first-order chi connectivity index (χ1) is 16.3. The van der Waals surface area contributed by atoms with E-state index in [-0.39, 0.29) is 12.5 Å². The number of nitrogens with zero attached hydrogens (tertiary/aromatic N) is 1. The number of nitrogens with one attached hydrogen (secondary N) is 1. The topological polar surface area (TPSA) is 77.5 Å². The maximum absolute atomic E-state index is 12.8.